The Balaban J connectivity index is 2.26. The van der Waals surface area contributed by atoms with Crippen molar-refractivity contribution < 1.29 is 8.42 Å². The van der Waals surface area contributed by atoms with Crippen LogP contribution in [0.3, 0.4) is 0 Å². The van der Waals surface area contributed by atoms with Gasteiger partial charge in [-0.15, -0.1) is 0 Å². The summed E-state index contributed by atoms with van der Waals surface area (Å²) in [6, 6.07) is 6.87. The number of nitrogens with zero attached hydrogens (tertiary/aromatic N) is 3. The molecule has 0 N–H and O–H groups in total. The van der Waals surface area contributed by atoms with Gasteiger partial charge in [-0.2, -0.15) is 4.31 Å². The van der Waals surface area contributed by atoms with Crippen molar-refractivity contribution >= 4 is 10.0 Å². The van der Waals surface area contributed by atoms with Gasteiger partial charge in [0.05, 0.1) is 12.2 Å². The second-order valence-corrected chi connectivity index (χ2v) is 6.26. The first kappa shape index (κ1) is 13.6. The minimum Gasteiger partial charge on any atom is -0.263 e. The molecule has 0 saturated carbocycles. The summed E-state index contributed by atoms with van der Waals surface area (Å²) in [5, 5.41) is 0. The van der Waals surface area contributed by atoms with Crippen LogP contribution in [0.4, 0.5) is 0 Å². The average Bonchev–Trinajstić information content (AvgIpc) is 2.42. The van der Waals surface area contributed by atoms with Gasteiger partial charge in [-0.3, -0.25) is 9.97 Å². The van der Waals surface area contributed by atoms with Gasteiger partial charge in [0.25, 0.3) is 0 Å². The van der Waals surface area contributed by atoms with E-state index in [0.29, 0.717) is 0 Å². The SMILES string of the molecule is Cc1cccnc1CN(C)S(=O)(=O)c1cccnc1. The average molecular weight is 277 g/mol. The molecule has 0 atom stereocenters. The van der Waals surface area contributed by atoms with Crippen molar-refractivity contribution in [3.8, 4) is 0 Å². The van der Waals surface area contributed by atoms with Gasteiger partial charge in [-0.05, 0) is 30.7 Å². The summed E-state index contributed by atoms with van der Waals surface area (Å²) in [6.07, 6.45) is 4.55. The standard InChI is InChI=1S/C13H15N3O2S/c1-11-5-3-8-15-13(11)10-16(2)19(17,18)12-6-4-7-14-9-12/h3-9H,10H2,1-2H3. The first-order chi connectivity index (χ1) is 9.01. The van der Waals surface area contributed by atoms with Gasteiger partial charge in [-0.25, -0.2) is 8.42 Å². The normalized spacial score (nSPS) is 11.7. The van der Waals surface area contributed by atoms with Crippen molar-refractivity contribution in [1.29, 1.82) is 0 Å². The Labute approximate surface area is 113 Å². The first-order valence-electron chi connectivity index (χ1n) is 5.78. The molecular formula is C13H15N3O2S. The van der Waals surface area contributed by atoms with E-state index in [0.717, 1.165) is 11.3 Å². The fourth-order valence-corrected chi connectivity index (χ4v) is 2.76. The van der Waals surface area contributed by atoms with Crippen LogP contribution in [-0.4, -0.2) is 29.7 Å². The predicted molar refractivity (Wildman–Crippen MR) is 71.9 cm³/mol. The lowest BCUT2D eigenvalue weighted by molar-refractivity contribution is 0.461. The highest BCUT2D eigenvalue weighted by Crippen LogP contribution is 2.15. The van der Waals surface area contributed by atoms with Crippen LogP contribution in [0.15, 0.2) is 47.8 Å². The van der Waals surface area contributed by atoms with Gasteiger partial charge in [0, 0.05) is 25.6 Å². The van der Waals surface area contributed by atoms with Crippen LogP contribution in [0.1, 0.15) is 11.3 Å². The van der Waals surface area contributed by atoms with Gasteiger partial charge in [0.1, 0.15) is 4.90 Å². The van der Waals surface area contributed by atoms with Gasteiger partial charge in [-0.1, -0.05) is 6.07 Å². The van der Waals surface area contributed by atoms with E-state index in [-0.39, 0.29) is 11.4 Å². The van der Waals surface area contributed by atoms with E-state index in [1.807, 2.05) is 19.1 Å². The van der Waals surface area contributed by atoms with Gasteiger partial charge in [0.2, 0.25) is 10.0 Å². The molecule has 2 heterocycles. The lowest BCUT2D eigenvalue weighted by Crippen LogP contribution is -2.27. The van der Waals surface area contributed by atoms with Crippen LogP contribution in [0.2, 0.25) is 0 Å². The summed E-state index contributed by atoms with van der Waals surface area (Å²) in [4.78, 5) is 8.23. The summed E-state index contributed by atoms with van der Waals surface area (Å²) < 4.78 is 25.9. The van der Waals surface area contributed by atoms with Crippen molar-refractivity contribution in [3.63, 3.8) is 0 Å². The number of sulfonamides is 1. The number of hydrogen-bond acceptors (Lipinski definition) is 4. The lowest BCUT2D eigenvalue weighted by atomic mass is 10.2. The Morgan fingerprint density at radius 3 is 2.58 bits per heavy atom. The lowest BCUT2D eigenvalue weighted by Gasteiger charge is -2.17. The molecule has 0 fully saturated rings. The molecule has 0 radical (unpaired) electrons. The summed E-state index contributed by atoms with van der Waals surface area (Å²) >= 11 is 0. The molecule has 0 bridgehead atoms. The molecule has 2 aromatic heterocycles. The number of pyridine rings is 2. The molecule has 0 aliphatic rings. The van der Waals surface area contributed by atoms with Crippen LogP contribution in [-0.2, 0) is 16.6 Å². The third-order valence-electron chi connectivity index (χ3n) is 2.83. The highest BCUT2D eigenvalue weighted by atomic mass is 32.2. The van der Waals surface area contributed by atoms with E-state index in [9.17, 15) is 8.42 Å². The maximum atomic E-state index is 12.3. The van der Waals surface area contributed by atoms with Crippen LogP contribution < -0.4 is 0 Å². The highest BCUT2D eigenvalue weighted by molar-refractivity contribution is 7.89. The predicted octanol–water partition coefficient (Wildman–Crippen LogP) is 1.61. The molecule has 0 aromatic carbocycles. The molecule has 2 aromatic rings. The van der Waals surface area contributed by atoms with Crippen LogP contribution >= 0.6 is 0 Å². The fourth-order valence-electron chi connectivity index (χ4n) is 1.66. The highest BCUT2D eigenvalue weighted by Gasteiger charge is 2.21. The van der Waals surface area contributed by atoms with E-state index in [2.05, 4.69) is 9.97 Å². The second kappa shape index (κ2) is 5.46. The molecule has 0 unspecified atom stereocenters. The Morgan fingerprint density at radius 1 is 1.21 bits per heavy atom. The summed E-state index contributed by atoms with van der Waals surface area (Å²) in [7, 11) is -1.98. The molecule has 0 aliphatic carbocycles. The Bertz CT molecular complexity index is 657. The third-order valence-corrected chi connectivity index (χ3v) is 4.62. The smallest absolute Gasteiger partial charge is 0.244 e. The van der Waals surface area contributed by atoms with Crippen LogP contribution in [0.5, 0.6) is 0 Å². The zero-order valence-electron chi connectivity index (χ0n) is 10.8. The number of rotatable bonds is 4. The van der Waals surface area contributed by atoms with E-state index in [4.69, 9.17) is 0 Å². The van der Waals surface area contributed by atoms with Gasteiger partial charge >= 0.3 is 0 Å². The first-order valence-corrected chi connectivity index (χ1v) is 7.22. The Morgan fingerprint density at radius 2 is 1.95 bits per heavy atom. The van der Waals surface area contributed by atoms with Crippen molar-refractivity contribution in [3.05, 3.63) is 54.1 Å². The summed E-state index contributed by atoms with van der Waals surface area (Å²) in [5.41, 5.74) is 1.72. The molecule has 6 heteroatoms. The van der Waals surface area contributed by atoms with E-state index in [1.165, 1.54) is 23.6 Å². The number of aromatic nitrogens is 2. The monoisotopic (exact) mass is 277 g/mol. The molecular weight excluding hydrogens is 262 g/mol. The molecule has 19 heavy (non-hydrogen) atoms. The van der Waals surface area contributed by atoms with Gasteiger partial charge < -0.3 is 0 Å². The summed E-state index contributed by atoms with van der Waals surface area (Å²) in [5.74, 6) is 0. The molecule has 5 nitrogen and oxygen atoms in total. The largest absolute Gasteiger partial charge is 0.263 e. The quantitative estimate of drug-likeness (QED) is 0.851. The number of hydrogen-bond donors (Lipinski definition) is 0. The van der Waals surface area contributed by atoms with E-state index in [1.54, 1.807) is 18.5 Å². The second-order valence-electron chi connectivity index (χ2n) is 4.22. The third kappa shape index (κ3) is 2.97. The number of aryl methyl sites for hydroxylation is 1. The van der Waals surface area contributed by atoms with E-state index < -0.39 is 10.0 Å². The van der Waals surface area contributed by atoms with E-state index >= 15 is 0 Å². The Hall–Kier alpha value is -1.79. The van der Waals surface area contributed by atoms with Gasteiger partial charge in [0.15, 0.2) is 0 Å². The topological polar surface area (TPSA) is 63.2 Å². The molecule has 0 spiro atoms. The van der Waals surface area contributed by atoms with Crippen molar-refractivity contribution in [2.75, 3.05) is 7.05 Å². The minimum absolute atomic E-state index is 0.186. The van der Waals surface area contributed by atoms with Crippen molar-refractivity contribution in [2.24, 2.45) is 0 Å². The molecule has 100 valence electrons. The van der Waals surface area contributed by atoms with Crippen LogP contribution in [0, 0.1) is 6.92 Å². The molecule has 0 amide bonds. The minimum atomic E-state index is -3.52. The molecule has 2 rings (SSSR count). The Kier molecular flexibility index (Phi) is 3.92. The zero-order chi connectivity index (χ0) is 13.9. The molecule has 0 saturated heterocycles. The van der Waals surface area contributed by atoms with Crippen molar-refractivity contribution in [2.45, 2.75) is 18.4 Å². The molecule has 0 aliphatic heterocycles. The van der Waals surface area contributed by atoms with Crippen molar-refractivity contribution in [1.82, 2.24) is 14.3 Å². The maximum absolute atomic E-state index is 12.3. The fraction of sp³-hybridized carbons (Fsp3) is 0.231. The summed E-state index contributed by atoms with van der Waals surface area (Å²) in [6.45, 7) is 2.15. The zero-order valence-corrected chi connectivity index (χ0v) is 11.6. The van der Waals surface area contributed by atoms with Crippen LogP contribution in [0.25, 0.3) is 0 Å². The maximum Gasteiger partial charge on any atom is 0.244 e.